The number of rotatable bonds is 6. The van der Waals surface area contributed by atoms with E-state index in [0.29, 0.717) is 6.61 Å². The Morgan fingerprint density at radius 1 is 1.30 bits per heavy atom. The number of thiophene rings is 1. The van der Waals surface area contributed by atoms with Crippen molar-refractivity contribution in [2.75, 3.05) is 6.61 Å². The van der Waals surface area contributed by atoms with Gasteiger partial charge in [0.1, 0.15) is 10.8 Å². The van der Waals surface area contributed by atoms with Crippen molar-refractivity contribution in [3.8, 4) is 0 Å². The summed E-state index contributed by atoms with van der Waals surface area (Å²) in [5.41, 5.74) is 0. The van der Waals surface area contributed by atoms with Gasteiger partial charge in [0.15, 0.2) is 8.32 Å². The van der Waals surface area contributed by atoms with Crippen LogP contribution >= 0.6 is 33.9 Å². The summed E-state index contributed by atoms with van der Waals surface area (Å²) in [6.45, 7) is 17.7. The van der Waals surface area contributed by atoms with E-state index in [1.54, 1.807) is 11.3 Å². The zero-order chi connectivity index (χ0) is 18.1. The first-order valence-corrected chi connectivity index (χ1v) is 13.8. The van der Waals surface area contributed by atoms with E-state index in [9.17, 15) is 4.55 Å². The highest BCUT2D eigenvalue weighted by molar-refractivity contribution is 14.1. The number of hydrogen-bond donors (Lipinski definition) is 1. The second-order valence-corrected chi connectivity index (χ2v) is 17.3. The van der Waals surface area contributed by atoms with Crippen molar-refractivity contribution in [1.82, 2.24) is 4.72 Å². The van der Waals surface area contributed by atoms with Crippen molar-refractivity contribution in [3.05, 3.63) is 19.9 Å². The molecule has 1 aromatic rings. The summed E-state index contributed by atoms with van der Waals surface area (Å²) in [6.07, 6.45) is 0. The Bertz CT molecular complexity index is 509. The van der Waals surface area contributed by atoms with E-state index in [4.69, 9.17) is 4.43 Å². The van der Waals surface area contributed by atoms with Gasteiger partial charge in [0.25, 0.3) is 0 Å². The Morgan fingerprint density at radius 3 is 2.26 bits per heavy atom. The minimum absolute atomic E-state index is 0.0299. The molecular weight excluding hydrogens is 457 g/mol. The van der Waals surface area contributed by atoms with E-state index in [-0.39, 0.29) is 15.8 Å². The molecule has 1 N–H and O–H groups in total. The van der Waals surface area contributed by atoms with Crippen molar-refractivity contribution in [3.63, 3.8) is 0 Å². The van der Waals surface area contributed by atoms with Crippen molar-refractivity contribution in [2.24, 2.45) is 0 Å². The van der Waals surface area contributed by atoms with Crippen molar-refractivity contribution >= 4 is 53.6 Å². The van der Waals surface area contributed by atoms with Crippen LogP contribution in [0.15, 0.2) is 11.4 Å². The molecule has 0 saturated carbocycles. The molecular formula is C16H30INO2S2Si. The SMILES string of the molecule is CC(C)(C)[S+]([O-])N[C@H](CO[Si](C)(C)C(C)(C)C)c1cc(I)cs1. The number of halogens is 1. The van der Waals surface area contributed by atoms with E-state index in [1.807, 2.05) is 20.8 Å². The summed E-state index contributed by atoms with van der Waals surface area (Å²) in [5, 5.41) is 2.29. The second kappa shape index (κ2) is 8.05. The fourth-order valence-corrected chi connectivity index (χ4v) is 5.13. The molecule has 0 aliphatic carbocycles. The average molecular weight is 488 g/mol. The van der Waals surface area contributed by atoms with Gasteiger partial charge >= 0.3 is 0 Å². The molecule has 0 fully saturated rings. The summed E-state index contributed by atoms with van der Waals surface area (Å²) in [5.74, 6) is 0. The van der Waals surface area contributed by atoms with Crippen molar-refractivity contribution in [2.45, 2.75) is 70.5 Å². The molecule has 0 spiro atoms. The van der Waals surface area contributed by atoms with Crippen molar-refractivity contribution < 1.29 is 8.98 Å². The Morgan fingerprint density at radius 2 is 1.87 bits per heavy atom. The minimum atomic E-state index is -1.83. The summed E-state index contributed by atoms with van der Waals surface area (Å²) < 4.78 is 23.1. The molecule has 3 nitrogen and oxygen atoms in total. The molecule has 0 aliphatic rings. The van der Waals surface area contributed by atoms with Crippen LogP contribution in [-0.4, -0.2) is 24.2 Å². The first-order chi connectivity index (χ1) is 10.2. The minimum Gasteiger partial charge on any atom is -0.598 e. The highest BCUT2D eigenvalue weighted by atomic mass is 127. The lowest BCUT2D eigenvalue weighted by Gasteiger charge is -2.37. The van der Waals surface area contributed by atoms with E-state index >= 15 is 0 Å². The molecule has 1 heterocycles. The zero-order valence-corrected chi connectivity index (χ0v) is 20.2. The maximum Gasteiger partial charge on any atom is 0.192 e. The lowest BCUT2D eigenvalue weighted by molar-refractivity contribution is 0.257. The van der Waals surface area contributed by atoms with Crippen LogP contribution in [0.3, 0.4) is 0 Å². The van der Waals surface area contributed by atoms with Crippen molar-refractivity contribution in [1.29, 1.82) is 0 Å². The fraction of sp³-hybridized carbons (Fsp3) is 0.750. The molecule has 134 valence electrons. The van der Waals surface area contributed by atoms with Gasteiger partial charge in [0.2, 0.25) is 0 Å². The average Bonchev–Trinajstić information content (AvgIpc) is 2.78. The third-order valence-corrected chi connectivity index (χ3v) is 12.4. The molecule has 0 aliphatic heterocycles. The van der Waals surface area contributed by atoms with Gasteiger partial charge in [-0.25, -0.2) is 0 Å². The predicted molar refractivity (Wildman–Crippen MR) is 114 cm³/mol. The molecule has 1 unspecified atom stereocenters. The maximum atomic E-state index is 12.5. The number of hydrogen-bond acceptors (Lipinski definition) is 4. The largest absolute Gasteiger partial charge is 0.598 e. The summed E-state index contributed by atoms with van der Waals surface area (Å²) in [7, 11) is -1.83. The molecule has 7 heteroatoms. The molecule has 0 amide bonds. The second-order valence-electron chi connectivity index (χ2n) is 8.29. The highest BCUT2D eigenvalue weighted by Crippen LogP contribution is 2.37. The van der Waals surface area contributed by atoms with E-state index in [2.05, 4.69) is 72.6 Å². The van der Waals surface area contributed by atoms with Gasteiger partial charge in [-0.1, -0.05) is 20.8 Å². The molecule has 23 heavy (non-hydrogen) atoms. The Kier molecular flexibility index (Phi) is 7.67. The third-order valence-electron chi connectivity index (χ3n) is 4.15. The lowest BCUT2D eigenvalue weighted by Crippen LogP contribution is -2.46. The van der Waals surface area contributed by atoms with Crippen LogP contribution in [0.1, 0.15) is 52.5 Å². The van der Waals surface area contributed by atoms with Crippen LogP contribution < -0.4 is 4.72 Å². The lowest BCUT2D eigenvalue weighted by atomic mass is 10.2. The summed E-state index contributed by atoms with van der Waals surface area (Å²) in [6, 6.07) is 2.12. The molecule has 0 radical (unpaired) electrons. The number of nitrogens with one attached hydrogen (secondary N) is 1. The van der Waals surface area contributed by atoms with E-state index < -0.39 is 19.7 Å². The van der Waals surface area contributed by atoms with Gasteiger partial charge in [0, 0.05) is 25.2 Å². The normalized spacial score (nSPS) is 16.4. The quantitative estimate of drug-likeness (QED) is 0.329. The zero-order valence-electron chi connectivity index (χ0n) is 15.5. The van der Waals surface area contributed by atoms with Crippen LogP contribution in [-0.2, 0) is 15.8 Å². The van der Waals surface area contributed by atoms with Crippen LogP contribution in [0.5, 0.6) is 0 Å². The molecule has 1 aromatic heterocycles. The van der Waals surface area contributed by atoms with E-state index in [0.717, 1.165) is 0 Å². The molecule has 0 saturated heterocycles. The Balaban J connectivity index is 2.89. The fourth-order valence-electron chi connectivity index (χ4n) is 1.50. The van der Waals surface area contributed by atoms with Crippen LogP contribution in [0.4, 0.5) is 0 Å². The standard InChI is InChI=1S/C16H30INO2S2Si/c1-15(2,3)22(19)18-13(14-9-12(17)11-21-14)10-20-23(7,8)16(4,5)6/h9,11,13,18H,10H2,1-8H3/t13-,22?/m1/s1. The Labute approximate surface area is 163 Å². The topological polar surface area (TPSA) is 44.3 Å². The van der Waals surface area contributed by atoms with Gasteiger partial charge in [-0.05, 0) is 67.6 Å². The van der Waals surface area contributed by atoms with Gasteiger partial charge in [-0.15, -0.1) is 16.1 Å². The van der Waals surface area contributed by atoms with Gasteiger partial charge in [0.05, 0.1) is 6.61 Å². The van der Waals surface area contributed by atoms with Crippen LogP contribution in [0.25, 0.3) is 0 Å². The summed E-state index contributed by atoms with van der Waals surface area (Å²) in [4.78, 5) is 1.19. The molecule has 1 rings (SSSR count). The first-order valence-electron chi connectivity index (χ1n) is 7.80. The Hall–Kier alpha value is 0.877. The maximum absolute atomic E-state index is 12.5. The van der Waals surface area contributed by atoms with Gasteiger partial charge in [-0.2, -0.15) is 0 Å². The van der Waals surface area contributed by atoms with Gasteiger partial charge in [-0.3, -0.25) is 0 Å². The molecule has 0 bridgehead atoms. The molecule has 2 atom stereocenters. The monoisotopic (exact) mass is 487 g/mol. The first kappa shape index (κ1) is 21.9. The van der Waals surface area contributed by atoms with Crippen LogP contribution in [0, 0.1) is 3.57 Å². The highest BCUT2D eigenvalue weighted by Gasteiger charge is 2.39. The van der Waals surface area contributed by atoms with E-state index in [1.165, 1.54) is 8.45 Å². The van der Waals surface area contributed by atoms with Crippen LogP contribution in [0.2, 0.25) is 18.1 Å². The predicted octanol–water partition coefficient (Wildman–Crippen LogP) is 5.47. The molecule has 0 aromatic carbocycles. The third kappa shape index (κ3) is 6.60. The van der Waals surface area contributed by atoms with Gasteiger partial charge < -0.3 is 8.98 Å². The smallest absolute Gasteiger partial charge is 0.192 e. The summed E-state index contributed by atoms with van der Waals surface area (Å²) >= 11 is 2.90.